The highest BCUT2D eigenvalue weighted by molar-refractivity contribution is 5.83. The molecule has 2 aromatic carbocycles. The van der Waals surface area contributed by atoms with Crippen LogP contribution in [0.5, 0.6) is 0 Å². The fourth-order valence-corrected chi connectivity index (χ4v) is 4.13. The lowest BCUT2D eigenvalue weighted by atomic mass is 10.0. The van der Waals surface area contributed by atoms with Crippen molar-refractivity contribution in [3.05, 3.63) is 70.4 Å². The molecule has 8 heteroatoms. The van der Waals surface area contributed by atoms with Gasteiger partial charge in [0.15, 0.2) is 0 Å². The Bertz CT molecular complexity index is 1340. The Labute approximate surface area is 184 Å². The lowest BCUT2D eigenvalue weighted by Crippen LogP contribution is -2.44. The number of pyridine rings is 1. The third-order valence-corrected chi connectivity index (χ3v) is 6.05. The van der Waals surface area contributed by atoms with Crippen molar-refractivity contribution in [2.75, 3.05) is 38.1 Å². The van der Waals surface area contributed by atoms with Crippen molar-refractivity contribution < 1.29 is 9.50 Å². The Balaban J connectivity index is 1.53. The second-order valence-electron chi connectivity index (χ2n) is 8.15. The third kappa shape index (κ3) is 3.68. The van der Waals surface area contributed by atoms with Crippen LogP contribution in [-0.4, -0.2) is 58.2 Å². The summed E-state index contributed by atoms with van der Waals surface area (Å²) in [5.41, 5.74) is 3.75. The maximum absolute atomic E-state index is 14.7. The number of likely N-dealkylation sites (N-methyl/N-ethyl adjacent to an activating group) is 1. The average Bonchev–Trinajstić information content (AvgIpc) is 3.23. The predicted molar refractivity (Wildman–Crippen MR) is 123 cm³/mol. The molecule has 3 heterocycles. The van der Waals surface area contributed by atoms with E-state index in [9.17, 15) is 14.3 Å². The SMILES string of the molecule is CN1CCN(c2ccc3nc(-c4cc(-c5cccc(CO)c5F)c[nH]c4=O)[nH]c3c2)CC1. The second-order valence-corrected chi connectivity index (χ2v) is 8.15. The molecular weight excluding hydrogens is 409 g/mol. The lowest BCUT2D eigenvalue weighted by molar-refractivity contribution is 0.276. The van der Waals surface area contributed by atoms with E-state index in [1.54, 1.807) is 18.2 Å². The van der Waals surface area contributed by atoms with Gasteiger partial charge in [0.1, 0.15) is 11.6 Å². The van der Waals surface area contributed by atoms with Gasteiger partial charge in [0, 0.05) is 54.8 Å². The third-order valence-electron chi connectivity index (χ3n) is 6.05. The van der Waals surface area contributed by atoms with E-state index in [2.05, 4.69) is 43.9 Å². The Kier molecular flexibility index (Phi) is 5.24. The zero-order valence-corrected chi connectivity index (χ0v) is 17.7. The molecule has 1 fully saturated rings. The molecule has 0 amide bonds. The van der Waals surface area contributed by atoms with E-state index < -0.39 is 12.4 Å². The summed E-state index contributed by atoms with van der Waals surface area (Å²) in [6, 6.07) is 12.5. The highest BCUT2D eigenvalue weighted by atomic mass is 19.1. The number of rotatable bonds is 4. The van der Waals surface area contributed by atoms with Gasteiger partial charge < -0.3 is 24.9 Å². The highest BCUT2D eigenvalue weighted by Crippen LogP contribution is 2.28. The summed E-state index contributed by atoms with van der Waals surface area (Å²) in [7, 11) is 2.12. The first-order chi connectivity index (χ1) is 15.5. The van der Waals surface area contributed by atoms with Crippen molar-refractivity contribution in [3.63, 3.8) is 0 Å². The number of aliphatic hydroxyl groups excluding tert-OH is 1. The molecule has 1 aliphatic rings. The topological polar surface area (TPSA) is 88.2 Å². The molecule has 0 spiro atoms. The number of nitrogens with one attached hydrogen (secondary N) is 2. The zero-order chi connectivity index (χ0) is 22.2. The van der Waals surface area contributed by atoms with Crippen molar-refractivity contribution >= 4 is 16.7 Å². The smallest absolute Gasteiger partial charge is 0.259 e. The summed E-state index contributed by atoms with van der Waals surface area (Å²) < 4.78 is 14.7. The van der Waals surface area contributed by atoms with Gasteiger partial charge in [0.05, 0.1) is 23.2 Å². The van der Waals surface area contributed by atoms with Crippen LogP contribution in [0.4, 0.5) is 10.1 Å². The summed E-state index contributed by atoms with van der Waals surface area (Å²) in [5.74, 6) is -0.0771. The van der Waals surface area contributed by atoms with Crippen LogP contribution in [-0.2, 0) is 6.61 Å². The van der Waals surface area contributed by atoms with Gasteiger partial charge in [-0.1, -0.05) is 18.2 Å². The van der Waals surface area contributed by atoms with Crippen LogP contribution in [0.3, 0.4) is 0 Å². The van der Waals surface area contributed by atoms with E-state index in [0.717, 1.165) is 42.9 Å². The number of aliphatic hydroxyl groups is 1. The van der Waals surface area contributed by atoms with Crippen molar-refractivity contribution in [2.24, 2.45) is 0 Å². The standard InChI is InChI=1S/C24H24FN5O2/c1-29-7-9-30(10-8-29)17-5-6-20-21(12-17)28-23(27-20)19-11-16(13-26-24(19)32)18-4-2-3-15(14-31)22(18)25/h2-6,11-13,31H,7-10,14H2,1H3,(H,26,32)(H,27,28). The predicted octanol–water partition coefficient (Wildman–Crippen LogP) is 2.97. The van der Waals surface area contributed by atoms with Gasteiger partial charge in [0.25, 0.3) is 5.56 Å². The number of hydrogen-bond donors (Lipinski definition) is 3. The molecule has 32 heavy (non-hydrogen) atoms. The normalized spacial score (nSPS) is 14.9. The Morgan fingerprint density at radius 3 is 2.69 bits per heavy atom. The molecule has 5 rings (SSSR count). The van der Waals surface area contributed by atoms with E-state index in [4.69, 9.17) is 0 Å². The fraction of sp³-hybridized carbons (Fsp3) is 0.250. The van der Waals surface area contributed by atoms with Crippen LogP contribution in [0.1, 0.15) is 5.56 Å². The van der Waals surface area contributed by atoms with Gasteiger partial charge in [-0.25, -0.2) is 9.37 Å². The number of nitrogens with zero attached hydrogens (tertiary/aromatic N) is 3. The van der Waals surface area contributed by atoms with Gasteiger partial charge in [-0.3, -0.25) is 4.79 Å². The molecule has 164 valence electrons. The van der Waals surface area contributed by atoms with Crippen LogP contribution in [0.25, 0.3) is 33.5 Å². The van der Waals surface area contributed by atoms with E-state index >= 15 is 0 Å². The number of piperazine rings is 1. The first kappa shape index (κ1) is 20.4. The molecule has 4 aromatic rings. The van der Waals surface area contributed by atoms with E-state index in [-0.39, 0.29) is 11.1 Å². The van der Waals surface area contributed by atoms with Crippen molar-refractivity contribution in [3.8, 4) is 22.5 Å². The second kappa shape index (κ2) is 8.22. The average molecular weight is 433 g/mol. The fourth-order valence-electron chi connectivity index (χ4n) is 4.13. The summed E-state index contributed by atoms with van der Waals surface area (Å²) >= 11 is 0. The molecule has 7 nitrogen and oxygen atoms in total. The molecule has 0 atom stereocenters. The van der Waals surface area contributed by atoms with Crippen LogP contribution in [0, 0.1) is 5.82 Å². The quantitative estimate of drug-likeness (QED) is 0.461. The molecule has 0 radical (unpaired) electrons. The minimum Gasteiger partial charge on any atom is -0.392 e. The van der Waals surface area contributed by atoms with Gasteiger partial charge in [-0.2, -0.15) is 0 Å². The number of hydrogen-bond acceptors (Lipinski definition) is 5. The minimum absolute atomic E-state index is 0.204. The van der Waals surface area contributed by atoms with Crippen LogP contribution in [0.2, 0.25) is 0 Å². The molecule has 0 saturated carbocycles. The largest absolute Gasteiger partial charge is 0.392 e. The molecule has 0 bridgehead atoms. The number of aromatic amines is 2. The molecule has 1 aliphatic heterocycles. The number of halogens is 1. The molecule has 3 N–H and O–H groups in total. The van der Waals surface area contributed by atoms with E-state index in [1.165, 1.54) is 12.3 Å². The van der Waals surface area contributed by atoms with Crippen molar-refractivity contribution in [1.29, 1.82) is 0 Å². The molecular formula is C24H24FN5O2. The number of H-pyrrole nitrogens is 2. The summed E-state index contributed by atoms with van der Waals surface area (Å²) in [6.45, 7) is 3.56. The summed E-state index contributed by atoms with van der Waals surface area (Å²) in [5, 5.41) is 9.36. The monoisotopic (exact) mass is 433 g/mol. The lowest BCUT2D eigenvalue weighted by Gasteiger charge is -2.34. The van der Waals surface area contributed by atoms with Gasteiger partial charge >= 0.3 is 0 Å². The number of anilines is 1. The van der Waals surface area contributed by atoms with Crippen molar-refractivity contribution in [2.45, 2.75) is 6.61 Å². The molecule has 1 saturated heterocycles. The van der Waals surface area contributed by atoms with Gasteiger partial charge in [-0.15, -0.1) is 0 Å². The maximum atomic E-state index is 14.7. The van der Waals surface area contributed by atoms with Crippen LogP contribution < -0.4 is 10.5 Å². The minimum atomic E-state index is -0.505. The molecule has 0 unspecified atom stereocenters. The Morgan fingerprint density at radius 1 is 1.09 bits per heavy atom. The zero-order valence-electron chi connectivity index (χ0n) is 17.7. The van der Waals surface area contributed by atoms with Crippen LogP contribution in [0.15, 0.2) is 53.5 Å². The number of fused-ring (bicyclic) bond motifs is 1. The summed E-state index contributed by atoms with van der Waals surface area (Å²) in [4.78, 5) is 27.8. The number of benzene rings is 2. The first-order valence-corrected chi connectivity index (χ1v) is 10.6. The van der Waals surface area contributed by atoms with E-state index in [1.807, 2.05) is 6.07 Å². The van der Waals surface area contributed by atoms with E-state index in [0.29, 0.717) is 22.5 Å². The number of imidazole rings is 1. The Morgan fingerprint density at radius 2 is 1.91 bits per heavy atom. The van der Waals surface area contributed by atoms with Gasteiger partial charge in [-0.05, 0) is 31.3 Å². The maximum Gasteiger partial charge on any atom is 0.259 e. The van der Waals surface area contributed by atoms with Gasteiger partial charge in [0.2, 0.25) is 0 Å². The van der Waals surface area contributed by atoms with Crippen LogP contribution >= 0.6 is 0 Å². The Hall–Kier alpha value is -3.49. The molecule has 2 aromatic heterocycles. The van der Waals surface area contributed by atoms with Crippen molar-refractivity contribution in [1.82, 2.24) is 19.9 Å². The molecule has 0 aliphatic carbocycles. The highest BCUT2D eigenvalue weighted by Gasteiger charge is 2.17. The summed E-state index contributed by atoms with van der Waals surface area (Å²) in [6.07, 6.45) is 1.47. The number of aromatic nitrogens is 3. The first-order valence-electron chi connectivity index (χ1n) is 10.6.